The molecule has 0 radical (unpaired) electrons. The Morgan fingerprint density at radius 3 is 2.27 bits per heavy atom. The number of para-hydroxylation sites is 1. The molecule has 0 atom stereocenters. The van der Waals surface area contributed by atoms with Crippen LogP contribution in [0, 0.1) is 5.82 Å². The number of rotatable bonds is 5. The summed E-state index contributed by atoms with van der Waals surface area (Å²) >= 11 is 0. The third-order valence-corrected chi connectivity index (χ3v) is 3.72. The molecule has 0 aliphatic rings. The fourth-order valence-electron chi connectivity index (χ4n) is 2.16. The molecule has 0 bridgehead atoms. The van der Waals surface area contributed by atoms with Crippen LogP contribution >= 0.6 is 0 Å². The molecule has 7 heteroatoms. The molecule has 2 aromatic rings. The first-order chi connectivity index (χ1) is 12.3. The highest BCUT2D eigenvalue weighted by atomic mass is 19.1. The van der Waals surface area contributed by atoms with Gasteiger partial charge in [-0.1, -0.05) is 42.5 Å². The molecular weight excluding hydrogens is 339 g/mol. The van der Waals surface area contributed by atoms with Crippen molar-refractivity contribution in [2.45, 2.75) is 19.3 Å². The number of nitrogens with one attached hydrogen (secondary N) is 2. The molecule has 0 spiro atoms. The summed E-state index contributed by atoms with van der Waals surface area (Å²) in [4.78, 5) is 35.7. The molecule has 3 amide bonds. The lowest BCUT2D eigenvalue weighted by molar-refractivity contribution is -0.153. The zero-order valence-electron chi connectivity index (χ0n) is 14.4. The van der Waals surface area contributed by atoms with Crippen LogP contribution in [0.5, 0.6) is 0 Å². The molecule has 2 aromatic carbocycles. The van der Waals surface area contributed by atoms with Crippen molar-refractivity contribution in [3.63, 3.8) is 0 Å². The average Bonchev–Trinajstić information content (AvgIpc) is 2.62. The van der Waals surface area contributed by atoms with Crippen molar-refractivity contribution in [1.29, 1.82) is 0 Å². The molecule has 0 aliphatic carbocycles. The van der Waals surface area contributed by atoms with Gasteiger partial charge in [0.05, 0.1) is 11.1 Å². The topological polar surface area (TPSA) is 84.5 Å². The largest absolute Gasteiger partial charge is 0.455 e. The van der Waals surface area contributed by atoms with Gasteiger partial charge < -0.3 is 10.1 Å². The number of esters is 1. The van der Waals surface area contributed by atoms with Gasteiger partial charge in [0.1, 0.15) is 5.82 Å². The number of hydrogen-bond donors (Lipinski definition) is 2. The molecule has 2 N–H and O–H groups in total. The quantitative estimate of drug-likeness (QED) is 0.805. The van der Waals surface area contributed by atoms with Crippen LogP contribution in [0.1, 0.15) is 19.4 Å². The van der Waals surface area contributed by atoms with E-state index in [4.69, 9.17) is 4.74 Å². The summed E-state index contributed by atoms with van der Waals surface area (Å²) < 4.78 is 18.4. The maximum atomic E-state index is 13.4. The normalized spacial score (nSPS) is 10.7. The highest BCUT2D eigenvalue weighted by Gasteiger charge is 2.31. The third kappa shape index (κ3) is 4.89. The van der Waals surface area contributed by atoms with E-state index < -0.39 is 35.7 Å². The van der Waals surface area contributed by atoms with Crippen LogP contribution in [0.25, 0.3) is 0 Å². The zero-order chi connectivity index (χ0) is 19.2. The van der Waals surface area contributed by atoms with Crippen molar-refractivity contribution in [1.82, 2.24) is 5.32 Å². The molecule has 2 rings (SSSR count). The number of ether oxygens (including phenoxy) is 1. The maximum Gasteiger partial charge on any atom is 0.326 e. The van der Waals surface area contributed by atoms with Gasteiger partial charge in [0.2, 0.25) is 0 Å². The van der Waals surface area contributed by atoms with E-state index in [-0.39, 0.29) is 5.69 Å². The molecule has 26 heavy (non-hydrogen) atoms. The molecule has 0 aromatic heterocycles. The van der Waals surface area contributed by atoms with Crippen LogP contribution in [0.15, 0.2) is 54.6 Å². The van der Waals surface area contributed by atoms with Crippen LogP contribution in [-0.4, -0.2) is 24.5 Å². The first-order valence-electron chi connectivity index (χ1n) is 7.89. The van der Waals surface area contributed by atoms with Gasteiger partial charge in [0, 0.05) is 0 Å². The maximum absolute atomic E-state index is 13.4. The highest BCUT2D eigenvalue weighted by molar-refractivity contribution is 6.02. The van der Waals surface area contributed by atoms with Gasteiger partial charge in [-0.25, -0.2) is 9.18 Å². The first-order valence-corrected chi connectivity index (χ1v) is 7.89. The van der Waals surface area contributed by atoms with Gasteiger partial charge in [-0.15, -0.1) is 0 Å². The number of carbonyl (C=O) groups excluding carboxylic acids is 3. The Labute approximate surface area is 150 Å². The summed E-state index contributed by atoms with van der Waals surface area (Å²) in [7, 11) is 0. The molecule has 0 unspecified atom stereocenters. The number of imide groups is 1. The minimum Gasteiger partial charge on any atom is -0.455 e. The predicted octanol–water partition coefficient (Wildman–Crippen LogP) is 2.99. The average molecular weight is 358 g/mol. The lowest BCUT2D eigenvalue weighted by Gasteiger charge is -2.22. The highest BCUT2D eigenvalue weighted by Crippen LogP contribution is 2.24. The number of carbonyl (C=O) groups is 3. The Hall–Kier alpha value is -3.22. The van der Waals surface area contributed by atoms with Crippen LogP contribution in [0.4, 0.5) is 14.9 Å². The Morgan fingerprint density at radius 1 is 1.00 bits per heavy atom. The number of hydrogen-bond acceptors (Lipinski definition) is 4. The number of benzene rings is 2. The lowest BCUT2D eigenvalue weighted by atomic mass is 9.85. The molecule has 0 aliphatic heterocycles. The SMILES string of the molecule is CC(C)(C(=O)OCC(=O)NC(=O)Nc1ccccc1F)c1ccccc1. The Morgan fingerprint density at radius 2 is 1.62 bits per heavy atom. The summed E-state index contributed by atoms with van der Waals surface area (Å²) in [6.07, 6.45) is 0. The molecule has 6 nitrogen and oxygen atoms in total. The zero-order valence-corrected chi connectivity index (χ0v) is 14.4. The lowest BCUT2D eigenvalue weighted by Crippen LogP contribution is -2.39. The fraction of sp³-hybridized carbons (Fsp3) is 0.211. The second-order valence-corrected chi connectivity index (χ2v) is 6.05. The van der Waals surface area contributed by atoms with E-state index in [0.717, 1.165) is 5.56 Å². The van der Waals surface area contributed by atoms with Gasteiger partial charge in [-0.2, -0.15) is 0 Å². The molecule has 0 heterocycles. The number of urea groups is 1. The van der Waals surface area contributed by atoms with Crippen molar-refractivity contribution in [2.24, 2.45) is 0 Å². The molecule has 0 fully saturated rings. The molecule has 136 valence electrons. The van der Waals surface area contributed by atoms with Crippen LogP contribution in [0.3, 0.4) is 0 Å². The van der Waals surface area contributed by atoms with E-state index >= 15 is 0 Å². The van der Waals surface area contributed by atoms with E-state index in [0.29, 0.717) is 0 Å². The minimum absolute atomic E-state index is 0.0694. The Bertz CT molecular complexity index is 806. The summed E-state index contributed by atoms with van der Waals surface area (Å²) in [6.45, 7) is 2.72. The second-order valence-electron chi connectivity index (χ2n) is 6.05. The number of halogens is 1. The van der Waals surface area contributed by atoms with Gasteiger partial charge in [0.25, 0.3) is 5.91 Å². The van der Waals surface area contributed by atoms with Crippen molar-refractivity contribution >= 4 is 23.6 Å². The fourth-order valence-corrected chi connectivity index (χ4v) is 2.16. The Balaban J connectivity index is 1.85. The van der Waals surface area contributed by atoms with E-state index in [2.05, 4.69) is 5.32 Å². The van der Waals surface area contributed by atoms with Crippen LogP contribution in [0.2, 0.25) is 0 Å². The van der Waals surface area contributed by atoms with E-state index in [9.17, 15) is 18.8 Å². The van der Waals surface area contributed by atoms with E-state index in [1.165, 1.54) is 24.3 Å². The summed E-state index contributed by atoms with van der Waals surface area (Å²) in [5.41, 5.74) is -0.278. The minimum atomic E-state index is -0.947. The van der Waals surface area contributed by atoms with Gasteiger partial charge in [-0.05, 0) is 31.5 Å². The smallest absolute Gasteiger partial charge is 0.326 e. The number of amides is 3. The third-order valence-electron chi connectivity index (χ3n) is 3.72. The van der Waals surface area contributed by atoms with Crippen LogP contribution in [-0.2, 0) is 19.7 Å². The second kappa shape index (κ2) is 8.24. The molecule has 0 saturated carbocycles. The van der Waals surface area contributed by atoms with E-state index in [1.807, 2.05) is 11.4 Å². The predicted molar refractivity (Wildman–Crippen MR) is 94.0 cm³/mol. The molecule has 0 saturated heterocycles. The van der Waals surface area contributed by atoms with Gasteiger partial charge >= 0.3 is 12.0 Å². The van der Waals surface area contributed by atoms with Gasteiger partial charge in [-0.3, -0.25) is 14.9 Å². The van der Waals surface area contributed by atoms with Crippen LogP contribution < -0.4 is 10.6 Å². The number of anilines is 1. The van der Waals surface area contributed by atoms with Crippen molar-refractivity contribution in [3.05, 3.63) is 66.0 Å². The standard InChI is InChI=1S/C19H19FN2O4/c1-19(2,13-8-4-3-5-9-13)17(24)26-12-16(23)22-18(25)21-15-11-7-6-10-14(15)20/h3-11H,12H2,1-2H3,(H2,21,22,23,25). The monoisotopic (exact) mass is 358 g/mol. The Kier molecular flexibility index (Phi) is 6.06. The summed E-state index contributed by atoms with van der Waals surface area (Å²) in [5, 5.41) is 4.17. The summed E-state index contributed by atoms with van der Waals surface area (Å²) in [6, 6.07) is 13.6. The summed E-state index contributed by atoms with van der Waals surface area (Å²) in [5.74, 6) is -2.06. The van der Waals surface area contributed by atoms with Crippen molar-refractivity contribution < 1.29 is 23.5 Å². The van der Waals surface area contributed by atoms with Crippen molar-refractivity contribution in [3.8, 4) is 0 Å². The van der Waals surface area contributed by atoms with Crippen molar-refractivity contribution in [2.75, 3.05) is 11.9 Å². The first kappa shape index (κ1) is 19.1. The molecular formula is C19H19FN2O4. The van der Waals surface area contributed by atoms with E-state index in [1.54, 1.807) is 38.1 Å². The van der Waals surface area contributed by atoms with Gasteiger partial charge in [0.15, 0.2) is 6.61 Å².